The Kier molecular flexibility index (Phi) is 8.93. The Balaban J connectivity index is 2.07. The monoisotopic (exact) mass is 487 g/mol. The fourth-order valence-corrected chi connectivity index (χ4v) is 3.99. The highest BCUT2D eigenvalue weighted by Gasteiger charge is 2.44. The molecule has 0 radical (unpaired) electrons. The summed E-state index contributed by atoms with van der Waals surface area (Å²) in [6.45, 7) is 0. The Morgan fingerprint density at radius 3 is 1.85 bits per heavy atom. The summed E-state index contributed by atoms with van der Waals surface area (Å²) in [5, 5.41) is 9.23. The second kappa shape index (κ2) is 9.86. The highest BCUT2D eigenvalue weighted by Crippen LogP contribution is 2.35. The van der Waals surface area contributed by atoms with Gasteiger partial charge in [-0.25, -0.2) is 0 Å². The van der Waals surface area contributed by atoms with Gasteiger partial charge in [0.25, 0.3) is 0 Å². The van der Waals surface area contributed by atoms with Crippen molar-refractivity contribution in [2.75, 3.05) is 14.2 Å². The van der Waals surface area contributed by atoms with Crippen LogP contribution in [0.2, 0.25) is 0 Å². The van der Waals surface area contributed by atoms with Gasteiger partial charge in [-0.15, -0.1) is 0 Å². The zero-order chi connectivity index (χ0) is 19.5. The average Bonchev–Trinajstić information content (AvgIpc) is 2.58. The molecular weight excluding hydrogens is 467 g/mol. The SMILES string of the molecule is COC1CCC(C=CC2NC(C(Cl)(Cl)Cl)NC(C(Cl)(Cl)Cl)N2)C(OC)C1. The minimum absolute atomic E-state index is 0.0830. The number of rotatable bonds is 4. The molecule has 0 amide bonds. The van der Waals surface area contributed by atoms with Crippen molar-refractivity contribution in [3.63, 3.8) is 0 Å². The lowest BCUT2D eigenvalue weighted by Crippen LogP contribution is -2.73. The number of hydrogen-bond acceptors (Lipinski definition) is 5. The van der Waals surface area contributed by atoms with E-state index in [1.165, 1.54) is 0 Å². The standard InChI is InChI=1S/C15H23Cl6N3O2/c1-25-9-5-3-8(10(7-9)26-2)4-6-11-22-12(14(16,17)18)24-13(23-11)15(19,20)21/h4,6,8-13,22-24H,3,5,7H2,1-2H3. The lowest BCUT2D eigenvalue weighted by molar-refractivity contribution is -0.0292. The van der Waals surface area contributed by atoms with Crippen molar-refractivity contribution >= 4 is 69.6 Å². The van der Waals surface area contributed by atoms with Crippen LogP contribution in [0.1, 0.15) is 19.3 Å². The molecule has 5 unspecified atom stereocenters. The van der Waals surface area contributed by atoms with E-state index in [0.29, 0.717) is 0 Å². The van der Waals surface area contributed by atoms with Crippen LogP contribution in [0, 0.1) is 5.92 Å². The van der Waals surface area contributed by atoms with E-state index >= 15 is 0 Å². The molecule has 5 nitrogen and oxygen atoms in total. The van der Waals surface area contributed by atoms with Crippen LogP contribution in [0.25, 0.3) is 0 Å². The minimum atomic E-state index is -1.62. The molecular formula is C15H23Cl6N3O2. The van der Waals surface area contributed by atoms with Crippen LogP contribution in [-0.4, -0.2) is 52.5 Å². The van der Waals surface area contributed by atoms with Crippen LogP contribution in [0.4, 0.5) is 0 Å². The predicted octanol–water partition coefficient (Wildman–Crippen LogP) is 3.87. The van der Waals surface area contributed by atoms with E-state index in [9.17, 15) is 0 Å². The zero-order valence-electron chi connectivity index (χ0n) is 14.3. The third kappa shape index (κ3) is 6.67. The number of hydrogen-bond donors (Lipinski definition) is 3. The Morgan fingerprint density at radius 2 is 1.38 bits per heavy atom. The first-order chi connectivity index (χ1) is 12.0. The Hall–Kier alpha value is 1.28. The second-order valence-corrected chi connectivity index (χ2v) is 11.2. The fraction of sp³-hybridized carbons (Fsp3) is 0.867. The molecule has 1 saturated carbocycles. The number of alkyl halides is 6. The summed E-state index contributed by atoms with van der Waals surface area (Å²) in [7, 11) is 3.44. The third-order valence-corrected chi connectivity index (χ3v) is 5.97. The molecule has 2 aliphatic rings. The molecule has 1 saturated heterocycles. The summed E-state index contributed by atoms with van der Waals surface area (Å²) in [6.07, 6.45) is 5.36. The van der Waals surface area contributed by atoms with Crippen molar-refractivity contribution in [3.8, 4) is 0 Å². The molecule has 0 aromatic carbocycles. The molecule has 2 rings (SSSR count). The van der Waals surface area contributed by atoms with Gasteiger partial charge in [0.05, 0.1) is 18.4 Å². The van der Waals surface area contributed by atoms with Gasteiger partial charge < -0.3 is 9.47 Å². The van der Waals surface area contributed by atoms with Crippen LogP contribution in [-0.2, 0) is 9.47 Å². The van der Waals surface area contributed by atoms with Crippen LogP contribution in [0.5, 0.6) is 0 Å². The number of nitrogens with one attached hydrogen (secondary N) is 3. The molecule has 0 spiro atoms. The molecule has 11 heteroatoms. The first kappa shape index (κ1) is 23.6. The van der Waals surface area contributed by atoms with E-state index < -0.39 is 19.9 Å². The Labute approximate surface area is 184 Å². The Bertz CT molecular complexity index is 463. The van der Waals surface area contributed by atoms with E-state index in [0.717, 1.165) is 19.3 Å². The van der Waals surface area contributed by atoms with Crippen molar-refractivity contribution in [3.05, 3.63) is 12.2 Å². The molecule has 2 fully saturated rings. The van der Waals surface area contributed by atoms with Crippen molar-refractivity contribution in [2.45, 2.75) is 57.6 Å². The molecule has 1 aliphatic heterocycles. The number of ether oxygens (including phenoxy) is 2. The Morgan fingerprint density at radius 1 is 0.808 bits per heavy atom. The smallest absolute Gasteiger partial charge is 0.218 e. The molecule has 0 aromatic rings. The minimum Gasteiger partial charge on any atom is -0.381 e. The summed E-state index contributed by atoms with van der Waals surface area (Å²) in [4.78, 5) is 0. The van der Waals surface area contributed by atoms with Crippen molar-refractivity contribution in [2.24, 2.45) is 5.92 Å². The van der Waals surface area contributed by atoms with Gasteiger partial charge in [-0.2, -0.15) is 0 Å². The predicted molar refractivity (Wildman–Crippen MR) is 109 cm³/mol. The van der Waals surface area contributed by atoms with Gasteiger partial charge in [0.2, 0.25) is 7.59 Å². The molecule has 26 heavy (non-hydrogen) atoms. The van der Waals surface area contributed by atoms with E-state index in [2.05, 4.69) is 22.0 Å². The van der Waals surface area contributed by atoms with Crippen LogP contribution in [0.15, 0.2) is 12.2 Å². The maximum atomic E-state index is 6.01. The normalized spacial score (nSPS) is 37.2. The van der Waals surface area contributed by atoms with Crippen LogP contribution >= 0.6 is 69.6 Å². The summed E-state index contributed by atoms with van der Waals surface area (Å²) in [5.41, 5.74) is 0. The van der Waals surface area contributed by atoms with Crippen molar-refractivity contribution in [1.29, 1.82) is 0 Å². The lowest BCUT2D eigenvalue weighted by Gasteiger charge is -2.43. The second-order valence-electron chi connectivity index (χ2n) is 6.42. The quantitative estimate of drug-likeness (QED) is 0.413. The van der Waals surface area contributed by atoms with Gasteiger partial charge in [0.1, 0.15) is 12.3 Å². The van der Waals surface area contributed by atoms with Gasteiger partial charge in [-0.1, -0.05) is 81.8 Å². The largest absolute Gasteiger partial charge is 0.381 e. The summed E-state index contributed by atoms with van der Waals surface area (Å²) in [5.74, 6) is 0.252. The molecule has 0 bridgehead atoms. The van der Waals surface area contributed by atoms with Gasteiger partial charge in [0.15, 0.2) is 0 Å². The van der Waals surface area contributed by atoms with Gasteiger partial charge in [-0.05, 0) is 12.8 Å². The fourth-order valence-electron chi connectivity index (χ4n) is 3.23. The first-order valence-electron chi connectivity index (χ1n) is 8.20. The summed E-state index contributed by atoms with van der Waals surface area (Å²) < 4.78 is 7.83. The topological polar surface area (TPSA) is 54.5 Å². The molecule has 1 aliphatic carbocycles. The van der Waals surface area contributed by atoms with Gasteiger partial charge in [0, 0.05) is 26.6 Å². The highest BCUT2D eigenvalue weighted by atomic mass is 35.6. The lowest BCUT2D eigenvalue weighted by atomic mass is 9.84. The van der Waals surface area contributed by atoms with E-state index in [-0.39, 0.29) is 24.3 Å². The highest BCUT2D eigenvalue weighted by molar-refractivity contribution is 6.68. The van der Waals surface area contributed by atoms with Crippen LogP contribution < -0.4 is 16.0 Å². The molecule has 0 aromatic heterocycles. The molecule has 1 heterocycles. The van der Waals surface area contributed by atoms with Crippen molar-refractivity contribution in [1.82, 2.24) is 16.0 Å². The first-order valence-corrected chi connectivity index (χ1v) is 10.5. The average molecular weight is 490 g/mol. The summed E-state index contributed by atoms with van der Waals surface area (Å²) >= 11 is 36.1. The summed E-state index contributed by atoms with van der Waals surface area (Å²) in [6, 6.07) is 0. The van der Waals surface area contributed by atoms with E-state index in [1.807, 2.05) is 6.08 Å². The molecule has 3 N–H and O–H groups in total. The maximum absolute atomic E-state index is 6.01. The van der Waals surface area contributed by atoms with Gasteiger partial charge in [-0.3, -0.25) is 16.0 Å². The maximum Gasteiger partial charge on any atom is 0.218 e. The zero-order valence-corrected chi connectivity index (χ0v) is 18.9. The van der Waals surface area contributed by atoms with E-state index in [4.69, 9.17) is 79.1 Å². The number of halogens is 6. The van der Waals surface area contributed by atoms with E-state index in [1.54, 1.807) is 14.2 Å². The molecule has 152 valence electrons. The van der Waals surface area contributed by atoms with Crippen molar-refractivity contribution < 1.29 is 9.47 Å². The van der Waals surface area contributed by atoms with Gasteiger partial charge >= 0.3 is 0 Å². The van der Waals surface area contributed by atoms with Crippen LogP contribution in [0.3, 0.4) is 0 Å². The third-order valence-electron chi connectivity index (χ3n) is 4.66. The molecule has 5 atom stereocenters. The number of methoxy groups -OCH3 is 2.